The van der Waals surface area contributed by atoms with E-state index in [2.05, 4.69) is 10.3 Å². The van der Waals surface area contributed by atoms with Crippen LogP contribution in [-0.4, -0.2) is 34.9 Å². The van der Waals surface area contributed by atoms with Gasteiger partial charge < -0.3 is 10.4 Å². The van der Waals surface area contributed by atoms with Gasteiger partial charge in [0.1, 0.15) is 0 Å². The third-order valence-electron chi connectivity index (χ3n) is 3.67. The predicted octanol–water partition coefficient (Wildman–Crippen LogP) is 2.08. The summed E-state index contributed by atoms with van der Waals surface area (Å²) >= 11 is 1.52. The molecule has 0 aromatic carbocycles. The highest BCUT2D eigenvalue weighted by molar-refractivity contribution is 7.98. The maximum atomic E-state index is 12.2. The number of nitrogens with zero attached hydrogens (tertiary/aromatic N) is 1. The summed E-state index contributed by atoms with van der Waals surface area (Å²) in [7, 11) is 0. The number of carbonyl (C=O) groups is 1. The third-order valence-corrected chi connectivity index (χ3v) is 4.31. The second kappa shape index (κ2) is 6.91. The fraction of sp³-hybridized carbons (Fsp3) is 0.571. The monoisotopic (exact) mass is 280 g/mol. The van der Waals surface area contributed by atoms with E-state index in [4.69, 9.17) is 0 Å². The van der Waals surface area contributed by atoms with Crippen molar-refractivity contribution in [1.29, 1.82) is 0 Å². The average molecular weight is 280 g/mol. The number of pyridine rings is 1. The van der Waals surface area contributed by atoms with Crippen molar-refractivity contribution in [3.8, 4) is 0 Å². The lowest BCUT2D eigenvalue weighted by molar-refractivity contribution is 0.0872. The molecule has 1 aromatic heterocycles. The molecule has 104 valence electrons. The molecule has 2 unspecified atom stereocenters. The van der Waals surface area contributed by atoms with Crippen LogP contribution in [0.1, 0.15) is 36.0 Å². The summed E-state index contributed by atoms with van der Waals surface area (Å²) in [6.07, 6.45) is 7.81. The van der Waals surface area contributed by atoms with E-state index in [1.165, 1.54) is 11.8 Å². The fourth-order valence-electron chi connectivity index (χ4n) is 2.53. The van der Waals surface area contributed by atoms with E-state index < -0.39 is 0 Å². The van der Waals surface area contributed by atoms with Crippen LogP contribution in [-0.2, 0) is 0 Å². The number of hydrogen-bond donors (Lipinski definition) is 2. The summed E-state index contributed by atoms with van der Waals surface area (Å²) in [5.74, 6) is 0.127. The molecule has 1 saturated carbocycles. The number of amides is 1. The lowest BCUT2D eigenvalue weighted by Gasteiger charge is -2.30. The van der Waals surface area contributed by atoms with E-state index in [1.54, 1.807) is 18.3 Å². The van der Waals surface area contributed by atoms with Gasteiger partial charge in [0.15, 0.2) is 0 Å². The summed E-state index contributed by atoms with van der Waals surface area (Å²) < 4.78 is 0. The van der Waals surface area contributed by atoms with Crippen molar-refractivity contribution >= 4 is 17.7 Å². The van der Waals surface area contributed by atoms with E-state index >= 15 is 0 Å². The molecule has 4 nitrogen and oxygen atoms in total. The number of thioether (sulfide) groups is 1. The normalized spacial score (nSPS) is 23.1. The lowest BCUT2D eigenvalue weighted by atomic mass is 9.85. The van der Waals surface area contributed by atoms with Crippen molar-refractivity contribution < 1.29 is 9.90 Å². The minimum Gasteiger partial charge on any atom is -0.396 e. The van der Waals surface area contributed by atoms with Gasteiger partial charge in [-0.2, -0.15) is 0 Å². The van der Waals surface area contributed by atoms with E-state index in [0.717, 1.165) is 30.7 Å². The van der Waals surface area contributed by atoms with Gasteiger partial charge in [-0.15, -0.1) is 11.8 Å². The number of nitrogens with one attached hydrogen (secondary N) is 1. The number of aromatic nitrogens is 1. The first-order valence-corrected chi connectivity index (χ1v) is 7.89. The summed E-state index contributed by atoms with van der Waals surface area (Å²) in [6.45, 7) is 0.150. The van der Waals surface area contributed by atoms with Crippen LogP contribution in [0.15, 0.2) is 23.4 Å². The van der Waals surface area contributed by atoms with E-state index in [9.17, 15) is 9.90 Å². The molecule has 0 saturated heterocycles. The molecular formula is C14H20N2O2S. The zero-order chi connectivity index (χ0) is 13.7. The summed E-state index contributed by atoms with van der Waals surface area (Å²) in [6, 6.07) is 3.62. The molecule has 1 aliphatic rings. The Bertz CT molecular complexity index is 439. The standard InChI is InChI=1S/C14H20N2O2S/c1-19-13-8-10(6-7-15-13)14(18)16-12-5-3-2-4-11(12)9-17/h6-8,11-12,17H,2-5,9H2,1H3,(H,16,18). The van der Waals surface area contributed by atoms with Crippen LogP contribution in [0.4, 0.5) is 0 Å². The molecule has 1 fully saturated rings. The second-order valence-corrected chi connectivity index (χ2v) is 5.72. The smallest absolute Gasteiger partial charge is 0.251 e. The largest absolute Gasteiger partial charge is 0.396 e. The van der Waals surface area contributed by atoms with Gasteiger partial charge in [-0.1, -0.05) is 12.8 Å². The van der Waals surface area contributed by atoms with Crippen LogP contribution >= 0.6 is 11.8 Å². The number of hydrogen-bond acceptors (Lipinski definition) is 4. The molecule has 2 rings (SSSR count). The number of aliphatic hydroxyl groups excluding tert-OH is 1. The molecule has 0 aliphatic heterocycles. The molecule has 1 aromatic rings. The molecule has 1 aliphatic carbocycles. The van der Waals surface area contributed by atoms with Crippen LogP contribution in [0.2, 0.25) is 0 Å². The Morgan fingerprint density at radius 1 is 1.53 bits per heavy atom. The number of carbonyl (C=O) groups excluding carboxylic acids is 1. The van der Waals surface area contributed by atoms with E-state index in [0.29, 0.717) is 5.56 Å². The minimum atomic E-state index is -0.0666. The van der Waals surface area contributed by atoms with Crippen LogP contribution < -0.4 is 5.32 Å². The maximum Gasteiger partial charge on any atom is 0.251 e. The van der Waals surface area contributed by atoms with Crippen molar-refractivity contribution in [3.05, 3.63) is 23.9 Å². The zero-order valence-electron chi connectivity index (χ0n) is 11.1. The number of rotatable bonds is 4. The lowest BCUT2D eigenvalue weighted by Crippen LogP contribution is -2.43. The van der Waals surface area contributed by atoms with Gasteiger partial charge in [0.05, 0.1) is 5.03 Å². The zero-order valence-corrected chi connectivity index (χ0v) is 11.9. The molecule has 0 radical (unpaired) electrons. The van der Waals surface area contributed by atoms with E-state index in [1.807, 2.05) is 6.26 Å². The van der Waals surface area contributed by atoms with Crippen LogP contribution in [0, 0.1) is 5.92 Å². The second-order valence-electron chi connectivity index (χ2n) is 4.89. The molecule has 1 heterocycles. The van der Waals surface area contributed by atoms with Crippen molar-refractivity contribution in [2.45, 2.75) is 36.8 Å². The summed E-state index contributed by atoms with van der Waals surface area (Å²) in [5.41, 5.74) is 0.640. The van der Waals surface area contributed by atoms with Gasteiger partial charge in [0.25, 0.3) is 5.91 Å². The average Bonchev–Trinajstić information content (AvgIpc) is 2.47. The Labute approximate surface area is 118 Å². The summed E-state index contributed by atoms with van der Waals surface area (Å²) in [4.78, 5) is 16.4. The fourth-order valence-corrected chi connectivity index (χ4v) is 2.94. The van der Waals surface area contributed by atoms with Crippen molar-refractivity contribution in [2.75, 3.05) is 12.9 Å². The minimum absolute atomic E-state index is 0.0666. The Hall–Kier alpha value is -1.07. The van der Waals surface area contributed by atoms with Crippen molar-refractivity contribution in [2.24, 2.45) is 5.92 Å². The molecule has 2 N–H and O–H groups in total. The predicted molar refractivity (Wildman–Crippen MR) is 76.3 cm³/mol. The Kier molecular flexibility index (Phi) is 5.22. The third kappa shape index (κ3) is 3.70. The van der Waals surface area contributed by atoms with Crippen molar-refractivity contribution in [3.63, 3.8) is 0 Å². The van der Waals surface area contributed by atoms with Gasteiger partial charge in [-0.3, -0.25) is 4.79 Å². The van der Waals surface area contributed by atoms with Crippen molar-refractivity contribution in [1.82, 2.24) is 10.3 Å². The topological polar surface area (TPSA) is 62.2 Å². The maximum absolute atomic E-state index is 12.2. The molecule has 0 bridgehead atoms. The molecule has 19 heavy (non-hydrogen) atoms. The highest BCUT2D eigenvalue weighted by atomic mass is 32.2. The first kappa shape index (κ1) is 14.3. The molecule has 5 heteroatoms. The highest BCUT2D eigenvalue weighted by Gasteiger charge is 2.26. The molecule has 0 spiro atoms. The molecule has 1 amide bonds. The SMILES string of the molecule is CSc1cc(C(=O)NC2CCCCC2CO)ccn1. The first-order chi connectivity index (χ1) is 9.24. The first-order valence-electron chi connectivity index (χ1n) is 6.66. The van der Waals surface area contributed by atoms with Crippen LogP contribution in [0.25, 0.3) is 0 Å². The highest BCUT2D eigenvalue weighted by Crippen LogP contribution is 2.24. The molecular weight excluding hydrogens is 260 g/mol. The van der Waals surface area contributed by atoms with Gasteiger partial charge in [-0.25, -0.2) is 4.98 Å². The Morgan fingerprint density at radius 3 is 3.05 bits per heavy atom. The van der Waals surface area contributed by atoms with Gasteiger partial charge in [-0.05, 0) is 31.2 Å². The van der Waals surface area contributed by atoms with Gasteiger partial charge in [0, 0.05) is 30.3 Å². The quantitative estimate of drug-likeness (QED) is 0.829. The number of aliphatic hydroxyl groups is 1. The van der Waals surface area contributed by atoms with Crippen LogP contribution in [0.5, 0.6) is 0 Å². The summed E-state index contributed by atoms with van der Waals surface area (Å²) in [5, 5.41) is 13.3. The van der Waals surface area contributed by atoms with Gasteiger partial charge in [0.2, 0.25) is 0 Å². The van der Waals surface area contributed by atoms with Crippen LogP contribution in [0.3, 0.4) is 0 Å². The Balaban J connectivity index is 2.02. The molecule has 2 atom stereocenters. The van der Waals surface area contributed by atoms with Gasteiger partial charge >= 0.3 is 0 Å². The Morgan fingerprint density at radius 2 is 2.32 bits per heavy atom. The van der Waals surface area contributed by atoms with E-state index in [-0.39, 0.29) is 24.5 Å².